The number of carbonyl (C=O) groups excluding carboxylic acids is 2. The number of rotatable bonds is 6. The van der Waals surface area contributed by atoms with E-state index in [1.54, 1.807) is 18.2 Å². The fourth-order valence-corrected chi connectivity index (χ4v) is 3.86. The molecule has 26 heavy (non-hydrogen) atoms. The molecule has 1 aliphatic heterocycles. The average Bonchev–Trinajstić information content (AvgIpc) is 3.20. The zero-order valence-corrected chi connectivity index (χ0v) is 15.7. The van der Waals surface area contributed by atoms with Gasteiger partial charge >= 0.3 is 0 Å². The molecule has 7 nitrogen and oxygen atoms in total. The highest BCUT2D eigenvalue weighted by Crippen LogP contribution is 2.32. The number of carbonyl (C=O) groups is 2. The van der Waals surface area contributed by atoms with Crippen LogP contribution in [0, 0.1) is 5.82 Å². The summed E-state index contributed by atoms with van der Waals surface area (Å²) >= 11 is 7.43. The monoisotopic (exact) mass is 409 g/mol. The second-order valence-corrected chi connectivity index (χ2v) is 7.61. The van der Waals surface area contributed by atoms with Crippen molar-refractivity contribution in [2.24, 2.45) is 0 Å². The molecular formula is C15H12FN5O2S3. The van der Waals surface area contributed by atoms with Crippen LogP contribution in [0.2, 0.25) is 0 Å². The fourth-order valence-electron chi connectivity index (χ4n) is 2.16. The smallest absolute Gasteiger partial charge is 0.266 e. The van der Waals surface area contributed by atoms with Crippen LogP contribution in [0.25, 0.3) is 6.08 Å². The molecule has 2 aromatic rings. The summed E-state index contributed by atoms with van der Waals surface area (Å²) in [7, 11) is 0. The molecule has 0 saturated carbocycles. The van der Waals surface area contributed by atoms with Gasteiger partial charge < -0.3 is 0 Å². The highest BCUT2D eigenvalue weighted by molar-refractivity contribution is 8.26. The molecule has 1 saturated heterocycles. The fraction of sp³-hybridized carbons (Fsp3) is 0.200. The van der Waals surface area contributed by atoms with Crippen molar-refractivity contribution in [3.8, 4) is 0 Å². The van der Waals surface area contributed by atoms with Crippen molar-refractivity contribution in [2.75, 3.05) is 11.9 Å². The lowest BCUT2D eigenvalue weighted by molar-refractivity contribution is -0.122. The maximum atomic E-state index is 13.0. The van der Waals surface area contributed by atoms with Crippen molar-refractivity contribution in [2.45, 2.75) is 12.8 Å². The number of thioether (sulfide) groups is 1. The van der Waals surface area contributed by atoms with Gasteiger partial charge in [-0.2, -0.15) is 0 Å². The Morgan fingerprint density at radius 3 is 2.81 bits per heavy atom. The molecule has 1 N–H and O–H groups in total. The van der Waals surface area contributed by atoms with Gasteiger partial charge in [0.25, 0.3) is 5.91 Å². The highest BCUT2D eigenvalue weighted by Gasteiger charge is 2.31. The van der Waals surface area contributed by atoms with Crippen molar-refractivity contribution in [3.05, 3.63) is 40.6 Å². The predicted molar refractivity (Wildman–Crippen MR) is 102 cm³/mol. The Kier molecular flexibility index (Phi) is 6.01. The summed E-state index contributed by atoms with van der Waals surface area (Å²) in [6.45, 7) is 0.340. The molecule has 0 bridgehead atoms. The largest absolute Gasteiger partial charge is 0.299 e. The van der Waals surface area contributed by atoms with E-state index in [1.807, 2.05) is 0 Å². The molecule has 1 aromatic heterocycles. The van der Waals surface area contributed by atoms with E-state index < -0.39 is 0 Å². The van der Waals surface area contributed by atoms with E-state index in [9.17, 15) is 14.0 Å². The van der Waals surface area contributed by atoms with Crippen LogP contribution in [-0.4, -0.2) is 42.4 Å². The first kappa shape index (κ1) is 18.5. The van der Waals surface area contributed by atoms with Crippen molar-refractivity contribution >= 4 is 62.9 Å². The summed E-state index contributed by atoms with van der Waals surface area (Å²) < 4.78 is 17.0. The van der Waals surface area contributed by atoms with E-state index in [1.165, 1.54) is 28.8 Å². The zero-order chi connectivity index (χ0) is 18.5. The third kappa shape index (κ3) is 4.68. The minimum absolute atomic E-state index is 0.210. The quantitative estimate of drug-likeness (QED) is 0.580. The van der Waals surface area contributed by atoms with E-state index in [0.29, 0.717) is 27.3 Å². The number of hydrogen-bond acceptors (Lipinski definition) is 8. The van der Waals surface area contributed by atoms with Gasteiger partial charge in [-0.1, -0.05) is 45.7 Å². The molecule has 0 radical (unpaired) electrons. The van der Waals surface area contributed by atoms with Gasteiger partial charge in [-0.05, 0) is 35.4 Å². The van der Waals surface area contributed by atoms with Crippen molar-refractivity contribution < 1.29 is 14.0 Å². The van der Waals surface area contributed by atoms with Gasteiger partial charge in [0.05, 0.1) is 4.91 Å². The molecule has 0 unspecified atom stereocenters. The van der Waals surface area contributed by atoms with Crippen LogP contribution in [0.4, 0.5) is 9.52 Å². The maximum Gasteiger partial charge on any atom is 0.266 e. The lowest BCUT2D eigenvalue weighted by Gasteiger charge is -2.13. The minimum Gasteiger partial charge on any atom is -0.299 e. The standard InChI is InChI=1S/C15H12FN5O2S3/c16-10-5-3-9(4-6-10)8-11-13(23)21(15(24)25-11)7-1-2-12(22)17-14-18-19-20-26-14/h3-6,8H,1-2,7H2,(H,17,18,20,22)/b11-8-. The number of anilines is 1. The molecule has 1 aliphatic rings. The SMILES string of the molecule is O=C(CCCN1C(=O)/C(=C/c2ccc(F)cc2)SC1=S)Nc1nnns1. The van der Waals surface area contributed by atoms with Gasteiger partial charge in [0.2, 0.25) is 11.0 Å². The highest BCUT2D eigenvalue weighted by atomic mass is 32.2. The number of hydrogen-bond donors (Lipinski definition) is 1. The van der Waals surface area contributed by atoms with Crippen LogP contribution >= 0.6 is 35.5 Å². The van der Waals surface area contributed by atoms with E-state index in [4.69, 9.17) is 12.2 Å². The van der Waals surface area contributed by atoms with Crippen LogP contribution in [0.15, 0.2) is 29.2 Å². The summed E-state index contributed by atoms with van der Waals surface area (Å²) in [6, 6.07) is 5.85. The number of benzene rings is 1. The molecule has 2 amide bonds. The first-order valence-electron chi connectivity index (χ1n) is 7.49. The molecule has 3 rings (SSSR count). The van der Waals surface area contributed by atoms with Crippen LogP contribution in [0.3, 0.4) is 0 Å². The van der Waals surface area contributed by atoms with Gasteiger partial charge in [0, 0.05) is 24.5 Å². The molecule has 0 spiro atoms. The van der Waals surface area contributed by atoms with E-state index in [-0.39, 0.29) is 24.1 Å². The summed E-state index contributed by atoms with van der Waals surface area (Å²) in [5.74, 6) is -0.772. The molecule has 11 heteroatoms. The van der Waals surface area contributed by atoms with Crippen LogP contribution in [0.5, 0.6) is 0 Å². The van der Waals surface area contributed by atoms with Gasteiger partial charge in [0.15, 0.2) is 0 Å². The zero-order valence-electron chi connectivity index (χ0n) is 13.2. The third-order valence-electron chi connectivity index (χ3n) is 3.37. The normalized spacial score (nSPS) is 15.7. The first-order chi connectivity index (χ1) is 12.5. The summed E-state index contributed by atoms with van der Waals surface area (Å²) in [6.07, 6.45) is 2.34. The summed E-state index contributed by atoms with van der Waals surface area (Å²) in [5, 5.41) is 9.93. The lowest BCUT2D eigenvalue weighted by Crippen LogP contribution is -2.29. The predicted octanol–water partition coefficient (Wildman–Crippen LogP) is 2.69. The third-order valence-corrected chi connectivity index (χ3v) is 5.26. The second kappa shape index (κ2) is 8.43. The molecular weight excluding hydrogens is 397 g/mol. The molecule has 1 aromatic carbocycles. The Morgan fingerprint density at radius 2 is 2.12 bits per heavy atom. The van der Waals surface area contributed by atoms with Gasteiger partial charge in [0.1, 0.15) is 10.1 Å². The average molecular weight is 409 g/mol. The molecule has 2 heterocycles. The Morgan fingerprint density at radius 1 is 1.35 bits per heavy atom. The number of amides is 2. The van der Waals surface area contributed by atoms with Crippen LogP contribution in [0.1, 0.15) is 18.4 Å². The topological polar surface area (TPSA) is 88.1 Å². The summed E-state index contributed by atoms with van der Waals surface area (Å²) in [4.78, 5) is 26.2. The van der Waals surface area contributed by atoms with E-state index in [2.05, 4.69) is 20.1 Å². The Labute approximate surface area is 161 Å². The van der Waals surface area contributed by atoms with Crippen molar-refractivity contribution in [1.29, 1.82) is 0 Å². The molecule has 1 fully saturated rings. The number of thiocarbonyl (C=S) groups is 1. The van der Waals surface area contributed by atoms with Crippen LogP contribution in [-0.2, 0) is 9.59 Å². The Balaban J connectivity index is 1.54. The molecule has 0 aliphatic carbocycles. The molecule has 0 atom stereocenters. The van der Waals surface area contributed by atoms with Crippen LogP contribution < -0.4 is 5.32 Å². The van der Waals surface area contributed by atoms with Crippen molar-refractivity contribution in [1.82, 2.24) is 19.7 Å². The number of aromatic nitrogens is 3. The minimum atomic E-state index is -0.336. The van der Waals surface area contributed by atoms with E-state index in [0.717, 1.165) is 17.1 Å². The van der Waals surface area contributed by atoms with Gasteiger partial charge in [-0.3, -0.25) is 19.8 Å². The van der Waals surface area contributed by atoms with Crippen molar-refractivity contribution in [3.63, 3.8) is 0 Å². The number of halogens is 1. The number of nitrogens with one attached hydrogen (secondary N) is 1. The Hall–Kier alpha value is -2.24. The lowest BCUT2D eigenvalue weighted by atomic mass is 10.2. The second-order valence-electron chi connectivity index (χ2n) is 5.20. The first-order valence-corrected chi connectivity index (χ1v) is 9.48. The van der Waals surface area contributed by atoms with Gasteiger partial charge in [-0.25, -0.2) is 4.39 Å². The Bertz CT molecular complexity index is 855. The maximum absolute atomic E-state index is 13.0. The van der Waals surface area contributed by atoms with E-state index >= 15 is 0 Å². The van der Waals surface area contributed by atoms with Gasteiger partial charge in [-0.15, -0.1) is 0 Å². The summed E-state index contributed by atoms with van der Waals surface area (Å²) in [5.41, 5.74) is 0.719. The molecule has 134 valence electrons. The number of nitrogens with zero attached hydrogens (tertiary/aromatic N) is 4.